The van der Waals surface area contributed by atoms with Crippen LogP contribution in [0.15, 0.2) is 18.2 Å². The number of anilines is 1. The number of hydrogen-bond donors (Lipinski definition) is 2. The van der Waals surface area contributed by atoms with Gasteiger partial charge in [-0.3, -0.25) is 0 Å². The Morgan fingerprint density at radius 2 is 2.11 bits per heavy atom. The number of rotatable bonds is 3. The fourth-order valence-electron chi connectivity index (χ4n) is 2.62. The Bertz CT molecular complexity index is 461. The molecule has 1 aliphatic carbocycles. The number of aromatic carboxylic acids is 1. The zero-order valence-corrected chi connectivity index (χ0v) is 11.9. The van der Waals surface area contributed by atoms with Crippen LogP contribution >= 0.6 is 11.6 Å². The van der Waals surface area contributed by atoms with Crippen molar-refractivity contribution in [2.75, 3.05) is 5.32 Å². The standard InChI is InChI=1S/C15H20ClNO2/c1-10-3-2-4-12(7-5-10)17-14-8-6-11(15(18)19)9-13(14)16/h6,8-10,12,17H,2-5,7H2,1H3,(H,18,19). The molecule has 0 radical (unpaired) electrons. The first kappa shape index (κ1) is 14.2. The summed E-state index contributed by atoms with van der Waals surface area (Å²) in [5.41, 5.74) is 1.07. The number of carbonyl (C=O) groups is 1. The molecule has 4 heteroatoms. The summed E-state index contributed by atoms with van der Waals surface area (Å²) in [6, 6.07) is 5.31. The van der Waals surface area contributed by atoms with E-state index in [1.54, 1.807) is 12.1 Å². The van der Waals surface area contributed by atoms with E-state index in [0.29, 0.717) is 11.1 Å². The highest BCUT2D eigenvalue weighted by molar-refractivity contribution is 6.33. The minimum Gasteiger partial charge on any atom is -0.478 e. The molecule has 2 unspecified atom stereocenters. The van der Waals surface area contributed by atoms with Crippen LogP contribution in [0.1, 0.15) is 49.4 Å². The van der Waals surface area contributed by atoms with Crippen LogP contribution in [0.3, 0.4) is 0 Å². The summed E-state index contributed by atoms with van der Waals surface area (Å²) in [5.74, 6) is -0.145. The van der Waals surface area contributed by atoms with E-state index in [1.165, 1.54) is 25.3 Å². The molecule has 1 fully saturated rings. The van der Waals surface area contributed by atoms with Gasteiger partial charge < -0.3 is 10.4 Å². The molecular weight excluding hydrogens is 262 g/mol. The lowest BCUT2D eigenvalue weighted by molar-refractivity contribution is 0.0697. The summed E-state index contributed by atoms with van der Waals surface area (Å²) in [7, 11) is 0. The third kappa shape index (κ3) is 3.87. The average molecular weight is 282 g/mol. The summed E-state index contributed by atoms with van der Waals surface area (Å²) in [6.45, 7) is 2.30. The van der Waals surface area contributed by atoms with E-state index in [0.717, 1.165) is 24.4 Å². The van der Waals surface area contributed by atoms with Crippen molar-refractivity contribution in [1.29, 1.82) is 0 Å². The molecule has 3 nitrogen and oxygen atoms in total. The van der Waals surface area contributed by atoms with Gasteiger partial charge in [-0.25, -0.2) is 4.79 Å². The quantitative estimate of drug-likeness (QED) is 0.807. The van der Waals surface area contributed by atoms with Crippen LogP contribution in [-0.2, 0) is 0 Å². The third-order valence-electron chi connectivity index (χ3n) is 3.83. The molecule has 1 aliphatic rings. The first-order valence-electron chi connectivity index (χ1n) is 6.85. The van der Waals surface area contributed by atoms with Gasteiger partial charge in [-0.1, -0.05) is 31.4 Å². The van der Waals surface area contributed by atoms with Crippen LogP contribution in [-0.4, -0.2) is 17.1 Å². The molecule has 1 saturated carbocycles. The lowest BCUT2D eigenvalue weighted by atomic mass is 10.0. The zero-order chi connectivity index (χ0) is 13.8. The minimum atomic E-state index is -0.947. The number of halogens is 1. The molecule has 19 heavy (non-hydrogen) atoms. The Labute approximate surface area is 119 Å². The summed E-state index contributed by atoms with van der Waals surface area (Å²) in [5, 5.41) is 12.8. The minimum absolute atomic E-state index is 0.227. The van der Waals surface area contributed by atoms with Crippen LogP contribution in [0, 0.1) is 5.92 Å². The third-order valence-corrected chi connectivity index (χ3v) is 4.15. The molecule has 2 atom stereocenters. The van der Waals surface area contributed by atoms with E-state index in [-0.39, 0.29) is 5.56 Å². The SMILES string of the molecule is CC1CCCC(Nc2ccc(C(=O)O)cc2Cl)CC1. The first-order valence-corrected chi connectivity index (χ1v) is 7.23. The molecule has 0 aromatic heterocycles. The van der Waals surface area contributed by atoms with E-state index in [2.05, 4.69) is 12.2 Å². The second kappa shape index (κ2) is 6.29. The van der Waals surface area contributed by atoms with Gasteiger partial charge in [0.25, 0.3) is 0 Å². The number of nitrogens with one attached hydrogen (secondary N) is 1. The summed E-state index contributed by atoms with van der Waals surface area (Å²) < 4.78 is 0. The van der Waals surface area contributed by atoms with Crippen molar-refractivity contribution in [3.8, 4) is 0 Å². The molecule has 2 N–H and O–H groups in total. The van der Waals surface area contributed by atoms with Gasteiger partial charge in [0, 0.05) is 6.04 Å². The summed E-state index contributed by atoms with van der Waals surface area (Å²) in [4.78, 5) is 10.9. The highest BCUT2D eigenvalue weighted by Crippen LogP contribution is 2.28. The van der Waals surface area contributed by atoms with Gasteiger partial charge in [0.05, 0.1) is 16.3 Å². The maximum atomic E-state index is 10.9. The van der Waals surface area contributed by atoms with Crippen molar-refractivity contribution < 1.29 is 9.90 Å². The Morgan fingerprint density at radius 1 is 1.32 bits per heavy atom. The van der Waals surface area contributed by atoms with Crippen LogP contribution in [0.5, 0.6) is 0 Å². The monoisotopic (exact) mass is 281 g/mol. The predicted octanol–water partition coefficient (Wildman–Crippen LogP) is 4.42. The van der Waals surface area contributed by atoms with Gasteiger partial charge in [-0.15, -0.1) is 0 Å². The van der Waals surface area contributed by atoms with Gasteiger partial charge >= 0.3 is 5.97 Å². The molecule has 104 valence electrons. The van der Waals surface area contributed by atoms with Crippen LogP contribution < -0.4 is 5.32 Å². The van der Waals surface area contributed by atoms with Crippen molar-refractivity contribution in [3.63, 3.8) is 0 Å². The van der Waals surface area contributed by atoms with Gasteiger partial charge in [-0.2, -0.15) is 0 Å². The smallest absolute Gasteiger partial charge is 0.335 e. The Kier molecular flexibility index (Phi) is 4.70. The van der Waals surface area contributed by atoms with Crippen molar-refractivity contribution in [2.45, 2.75) is 45.1 Å². The van der Waals surface area contributed by atoms with E-state index in [1.807, 2.05) is 0 Å². The average Bonchev–Trinajstić information content (AvgIpc) is 2.57. The molecule has 1 aromatic rings. The van der Waals surface area contributed by atoms with E-state index < -0.39 is 5.97 Å². The molecule has 0 aliphatic heterocycles. The lowest BCUT2D eigenvalue weighted by Crippen LogP contribution is -2.18. The Hall–Kier alpha value is -1.22. The first-order chi connectivity index (χ1) is 9.06. The van der Waals surface area contributed by atoms with Crippen LogP contribution in [0.4, 0.5) is 5.69 Å². The largest absolute Gasteiger partial charge is 0.478 e. The fraction of sp³-hybridized carbons (Fsp3) is 0.533. The second-order valence-corrected chi connectivity index (χ2v) is 5.86. The molecular formula is C15H20ClNO2. The zero-order valence-electron chi connectivity index (χ0n) is 11.2. The van der Waals surface area contributed by atoms with Crippen molar-refractivity contribution in [3.05, 3.63) is 28.8 Å². The molecule has 0 bridgehead atoms. The topological polar surface area (TPSA) is 49.3 Å². The van der Waals surface area contributed by atoms with E-state index >= 15 is 0 Å². The fourth-order valence-corrected chi connectivity index (χ4v) is 2.85. The normalized spacial score (nSPS) is 23.7. The van der Waals surface area contributed by atoms with Gasteiger partial charge in [-0.05, 0) is 43.4 Å². The van der Waals surface area contributed by atoms with Crippen LogP contribution in [0.25, 0.3) is 0 Å². The molecule has 2 rings (SSSR count). The maximum Gasteiger partial charge on any atom is 0.335 e. The van der Waals surface area contributed by atoms with Crippen LogP contribution in [0.2, 0.25) is 5.02 Å². The molecule has 0 spiro atoms. The van der Waals surface area contributed by atoms with Crippen molar-refractivity contribution in [2.24, 2.45) is 5.92 Å². The van der Waals surface area contributed by atoms with Gasteiger partial charge in [0.15, 0.2) is 0 Å². The number of hydrogen-bond acceptors (Lipinski definition) is 2. The van der Waals surface area contributed by atoms with Crippen molar-refractivity contribution >= 4 is 23.3 Å². The summed E-state index contributed by atoms with van der Waals surface area (Å²) >= 11 is 6.14. The maximum absolute atomic E-state index is 10.9. The molecule has 0 amide bonds. The van der Waals surface area contributed by atoms with Gasteiger partial charge in [0.1, 0.15) is 0 Å². The Balaban J connectivity index is 2.04. The second-order valence-electron chi connectivity index (χ2n) is 5.45. The number of carboxylic acids is 1. The van der Waals surface area contributed by atoms with Gasteiger partial charge in [0.2, 0.25) is 0 Å². The number of carboxylic acid groups (broad SMARTS) is 1. The van der Waals surface area contributed by atoms with E-state index in [4.69, 9.17) is 16.7 Å². The van der Waals surface area contributed by atoms with Crippen molar-refractivity contribution in [1.82, 2.24) is 0 Å². The number of benzene rings is 1. The highest BCUT2D eigenvalue weighted by Gasteiger charge is 2.17. The molecule has 1 aromatic carbocycles. The van der Waals surface area contributed by atoms with E-state index in [9.17, 15) is 4.79 Å². The summed E-state index contributed by atoms with van der Waals surface area (Å²) in [6.07, 6.45) is 6.08. The molecule has 0 heterocycles. The predicted molar refractivity (Wildman–Crippen MR) is 78.1 cm³/mol. The highest BCUT2D eigenvalue weighted by atomic mass is 35.5. The lowest BCUT2D eigenvalue weighted by Gasteiger charge is -2.19. The Morgan fingerprint density at radius 3 is 2.79 bits per heavy atom. The molecule has 0 saturated heterocycles.